The van der Waals surface area contributed by atoms with Crippen molar-refractivity contribution in [3.05, 3.63) is 56.8 Å². The lowest BCUT2D eigenvalue weighted by Crippen LogP contribution is -2.41. The molecule has 0 bridgehead atoms. The van der Waals surface area contributed by atoms with Crippen LogP contribution in [-0.2, 0) is 13.0 Å². The first-order valence-electron chi connectivity index (χ1n) is 8.35. The highest BCUT2D eigenvalue weighted by Crippen LogP contribution is 2.20. The van der Waals surface area contributed by atoms with E-state index in [2.05, 4.69) is 34.5 Å². The van der Waals surface area contributed by atoms with Gasteiger partial charge in [-0.1, -0.05) is 24.3 Å². The number of aliphatic hydroxyl groups is 1. The van der Waals surface area contributed by atoms with Gasteiger partial charge in [0.25, 0.3) is 5.91 Å². The summed E-state index contributed by atoms with van der Waals surface area (Å²) in [6.07, 6.45) is 0.463. The lowest BCUT2D eigenvalue weighted by Gasteiger charge is -2.30. The molecule has 0 saturated heterocycles. The summed E-state index contributed by atoms with van der Waals surface area (Å²) in [5.41, 5.74) is 3.88. The molecule has 128 valence electrons. The highest BCUT2D eigenvalue weighted by molar-refractivity contribution is 7.14. The molecule has 1 atom stereocenters. The standard InChI is InChI=1S/C19H24N2O2S/c1-13-9-18(24-14(13)2)19(23)20-10-17(22)12-21-8-7-15-5-3-4-6-16(15)11-21/h3-6,9,17,22H,7-8,10-12H2,1-2H3,(H,20,23). The molecule has 2 heterocycles. The number of carbonyl (C=O) groups excluding carboxylic acids is 1. The minimum Gasteiger partial charge on any atom is -0.390 e. The number of rotatable bonds is 5. The lowest BCUT2D eigenvalue weighted by molar-refractivity contribution is 0.0845. The van der Waals surface area contributed by atoms with Gasteiger partial charge in [0.2, 0.25) is 0 Å². The average Bonchev–Trinajstić information content (AvgIpc) is 2.92. The van der Waals surface area contributed by atoms with Crippen LogP contribution in [-0.4, -0.2) is 41.7 Å². The molecular formula is C19H24N2O2S. The molecule has 1 aliphatic rings. The summed E-state index contributed by atoms with van der Waals surface area (Å²) >= 11 is 1.50. The molecule has 0 radical (unpaired) electrons. The number of hydrogen-bond acceptors (Lipinski definition) is 4. The van der Waals surface area contributed by atoms with Gasteiger partial charge >= 0.3 is 0 Å². The maximum Gasteiger partial charge on any atom is 0.261 e. The van der Waals surface area contributed by atoms with Crippen LogP contribution in [0, 0.1) is 13.8 Å². The summed E-state index contributed by atoms with van der Waals surface area (Å²) in [6, 6.07) is 10.4. The fraction of sp³-hybridized carbons (Fsp3) is 0.421. The Hall–Kier alpha value is -1.69. The Balaban J connectivity index is 1.48. The van der Waals surface area contributed by atoms with Gasteiger partial charge in [-0.25, -0.2) is 0 Å². The van der Waals surface area contributed by atoms with Gasteiger partial charge < -0.3 is 10.4 Å². The van der Waals surface area contributed by atoms with E-state index in [0.717, 1.165) is 30.0 Å². The number of hydrogen-bond donors (Lipinski definition) is 2. The maximum absolute atomic E-state index is 12.1. The van der Waals surface area contributed by atoms with Crippen LogP contribution in [0.15, 0.2) is 30.3 Å². The normalized spacial score (nSPS) is 15.8. The summed E-state index contributed by atoms with van der Waals surface area (Å²) in [4.78, 5) is 16.3. The summed E-state index contributed by atoms with van der Waals surface area (Å²) in [5, 5.41) is 13.1. The van der Waals surface area contributed by atoms with E-state index in [9.17, 15) is 9.90 Å². The van der Waals surface area contributed by atoms with Crippen molar-refractivity contribution in [2.45, 2.75) is 32.9 Å². The smallest absolute Gasteiger partial charge is 0.261 e. The fourth-order valence-electron chi connectivity index (χ4n) is 3.06. The SMILES string of the molecule is Cc1cc(C(=O)NCC(O)CN2CCc3ccccc3C2)sc1C. The van der Waals surface area contributed by atoms with Crippen molar-refractivity contribution >= 4 is 17.2 Å². The van der Waals surface area contributed by atoms with E-state index >= 15 is 0 Å². The molecular weight excluding hydrogens is 320 g/mol. The van der Waals surface area contributed by atoms with Gasteiger partial charge in [0.15, 0.2) is 0 Å². The molecule has 1 amide bonds. The molecule has 4 nitrogen and oxygen atoms in total. The Morgan fingerprint density at radius 1 is 1.33 bits per heavy atom. The van der Waals surface area contributed by atoms with Crippen LogP contribution in [0.4, 0.5) is 0 Å². The average molecular weight is 344 g/mol. The number of amides is 1. The summed E-state index contributed by atoms with van der Waals surface area (Å²) < 4.78 is 0. The molecule has 0 aliphatic carbocycles. The van der Waals surface area contributed by atoms with Gasteiger partial charge in [-0.2, -0.15) is 0 Å². The van der Waals surface area contributed by atoms with Crippen molar-refractivity contribution in [3.8, 4) is 0 Å². The van der Waals surface area contributed by atoms with Crippen molar-refractivity contribution in [2.75, 3.05) is 19.6 Å². The zero-order valence-corrected chi connectivity index (χ0v) is 15.0. The number of aliphatic hydroxyl groups excluding tert-OH is 1. The highest BCUT2D eigenvalue weighted by atomic mass is 32.1. The predicted octanol–water partition coefficient (Wildman–Crippen LogP) is 2.51. The van der Waals surface area contributed by atoms with Gasteiger partial charge in [-0.05, 0) is 43.0 Å². The van der Waals surface area contributed by atoms with Gasteiger partial charge in [0.05, 0.1) is 11.0 Å². The number of β-amino-alcohol motifs (C(OH)–C–C–N with tert-alkyl or cyclic N) is 1. The van der Waals surface area contributed by atoms with Crippen LogP contribution in [0.25, 0.3) is 0 Å². The fourth-order valence-corrected chi connectivity index (χ4v) is 4.01. The second-order valence-electron chi connectivity index (χ2n) is 6.47. The number of nitrogens with zero attached hydrogens (tertiary/aromatic N) is 1. The third-order valence-electron chi connectivity index (χ3n) is 4.57. The molecule has 5 heteroatoms. The Kier molecular flexibility index (Phi) is 5.33. The molecule has 2 N–H and O–H groups in total. The number of benzene rings is 1. The third kappa shape index (κ3) is 4.04. The van der Waals surface area contributed by atoms with Crippen LogP contribution in [0.5, 0.6) is 0 Å². The molecule has 1 aromatic carbocycles. The molecule has 1 unspecified atom stereocenters. The number of aryl methyl sites for hydroxylation is 2. The quantitative estimate of drug-likeness (QED) is 0.876. The highest BCUT2D eigenvalue weighted by Gasteiger charge is 2.19. The van der Waals surface area contributed by atoms with E-state index < -0.39 is 6.10 Å². The van der Waals surface area contributed by atoms with Crippen molar-refractivity contribution < 1.29 is 9.90 Å². The monoisotopic (exact) mass is 344 g/mol. The van der Waals surface area contributed by atoms with E-state index in [0.29, 0.717) is 11.4 Å². The van der Waals surface area contributed by atoms with Crippen molar-refractivity contribution in [2.24, 2.45) is 0 Å². The van der Waals surface area contributed by atoms with Crippen molar-refractivity contribution in [1.82, 2.24) is 10.2 Å². The number of nitrogens with one attached hydrogen (secondary N) is 1. The van der Waals surface area contributed by atoms with E-state index in [-0.39, 0.29) is 12.5 Å². The van der Waals surface area contributed by atoms with Crippen LogP contribution in [0.1, 0.15) is 31.2 Å². The Morgan fingerprint density at radius 3 is 2.79 bits per heavy atom. The summed E-state index contributed by atoms with van der Waals surface area (Å²) in [5.74, 6) is -0.0979. The molecule has 1 aliphatic heterocycles. The minimum atomic E-state index is -0.554. The molecule has 1 aromatic heterocycles. The molecule has 0 saturated carbocycles. The van der Waals surface area contributed by atoms with Gasteiger partial charge in [-0.15, -0.1) is 11.3 Å². The zero-order valence-electron chi connectivity index (χ0n) is 14.2. The van der Waals surface area contributed by atoms with E-state index in [1.807, 2.05) is 19.9 Å². The Morgan fingerprint density at radius 2 is 2.08 bits per heavy atom. The number of thiophene rings is 1. The number of fused-ring (bicyclic) bond motifs is 1. The zero-order chi connectivity index (χ0) is 17.1. The van der Waals surface area contributed by atoms with Crippen molar-refractivity contribution in [1.29, 1.82) is 0 Å². The predicted molar refractivity (Wildman–Crippen MR) is 97.6 cm³/mol. The van der Waals surface area contributed by atoms with Crippen molar-refractivity contribution in [3.63, 3.8) is 0 Å². The first-order chi connectivity index (χ1) is 11.5. The van der Waals surface area contributed by atoms with Crippen LogP contribution < -0.4 is 5.32 Å². The third-order valence-corrected chi connectivity index (χ3v) is 5.72. The molecule has 2 aromatic rings. The topological polar surface area (TPSA) is 52.6 Å². The van der Waals surface area contributed by atoms with E-state index in [1.54, 1.807) is 0 Å². The summed E-state index contributed by atoms with van der Waals surface area (Å²) in [7, 11) is 0. The van der Waals surface area contributed by atoms with Crippen LogP contribution >= 0.6 is 11.3 Å². The summed E-state index contributed by atoms with van der Waals surface area (Å²) in [6.45, 7) is 6.70. The number of carbonyl (C=O) groups is 1. The molecule has 3 rings (SSSR count). The van der Waals surface area contributed by atoms with Gasteiger partial charge in [0, 0.05) is 31.1 Å². The molecule has 0 fully saturated rings. The first-order valence-corrected chi connectivity index (χ1v) is 9.17. The Bertz CT molecular complexity index is 706. The second-order valence-corrected chi connectivity index (χ2v) is 7.72. The van der Waals surface area contributed by atoms with E-state index in [4.69, 9.17) is 0 Å². The lowest BCUT2D eigenvalue weighted by atomic mass is 10.00. The molecule has 0 spiro atoms. The van der Waals surface area contributed by atoms with Gasteiger partial charge in [0.1, 0.15) is 0 Å². The first kappa shape index (κ1) is 17.1. The van der Waals surface area contributed by atoms with Gasteiger partial charge in [-0.3, -0.25) is 9.69 Å². The van der Waals surface area contributed by atoms with E-state index in [1.165, 1.54) is 22.5 Å². The minimum absolute atomic E-state index is 0.0979. The van der Waals surface area contributed by atoms with Crippen LogP contribution in [0.3, 0.4) is 0 Å². The molecule has 24 heavy (non-hydrogen) atoms. The second kappa shape index (κ2) is 7.47. The Labute approximate surface area is 147 Å². The largest absolute Gasteiger partial charge is 0.390 e. The van der Waals surface area contributed by atoms with Crippen LogP contribution in [0.2, 0.25) is 0 Å². The maximum atomic E-state index is 12.1.